The molecule has 2 bridgehead atoms. The highest BCUT2D eigenvalue weighted by Crippen LogP contribution is 2.23. The van der Waals surface area contributed by atoms with Crippen molar-refractivity contribution in [2.24, 2.45) is 0 Å². The lowest BCUT2D eigenvalue weighted by Gasteiger charge is -2.40. The number of nitrogens with zero attached hydrogens (tertiary/aromatic N) is 2. The number of rotatable bonds is 0. The van der Waals surface area contributed by atoms with Gasteiger partial charge in [-0.2, -0.15) is 0 Å². The van der Waals surface area contributed by atoms with Gasteiger partial charge in [-0.15, -0.1) is 0 Å². The molecule has 0 spiro atoms. The van der Waals surface area contributed by atoms with E-state index in [4.69, 9.17) is 9.47 Å². The maximum atomic E-state index is 12.3. The number of likely N-dealkylation sites (N-methyl/N-ethyl adjacent to an activating group) is 1. The molecular weight excluding hydrogens is 232 g/mol. The van der Waals surface area contributed by atoms with Crippen LogP contribution in [0.5, 0.6) is 0 Å². The Morgan fingerprint density at radius 2 is 1.94 bits per heavy atom. The molecule has 2 fully saturated rings. The van der Waals surface area contributed by atoms with Gasteiger partial charge < -0.3 is 14.4 Å². The molecule has 0 aromatic rings. The number of carbonyl (C=O) groups is 1. The summed E-state index contributed by atoms with van der Waals surface area (Å²) in [7, 11) is 2.09. The summed E-state index contributed by atoms with van der Waals surface area (Å²) in [6.07, 6.45) is 0.753. The summed E-state index contributed by atoms with van der Waals surface area (Å²) in [5, 5.41) is 0. The summed E-state index contributed by atoms with van der Waals surface area (Å²) in [5.74, 6) is 0. The van der Waals surface area contributed by atoms with Crippen molar-refractivity contribution < 1.29 is 14.3 Å². The third-order valence-electron chi connectivity index (χ3n) is 3.38. The summed E-state index contributed by atoms with van der Waals surface area (Å²) in [4.78, 5) is 16.5. The first kappa shape index (κ1) is 13.6. The molecule has 1 amide bonds. The maximum Gasteiger partial charge on any atom is 0.410 e. The van der Waals surface area contributed by atoms with E-state index in [9.17, 15) is 4.79 Å². The van der Waals surface area contributed by atoms with Crippen LogP contribution in [0, 0.1) is 0 Å². The molecule has 2 heterocycles. The Morgan fingerprint density at radius 3 is 2.61 bits per heavy atom. The number of ether oxygens (including phenoxy) is 2. The van der Waals surface area contributed by atoms with Gasteiger partial charge in [-0.05, 0) is 40.8 Å². The standard InChI is InChI=1S/C13H24N2O3/c1-13(2,3)18-12(16)15-10-5-6-14(4)7-11(15)9-17-8-10/h10-11H,5-9H2,1-4H3. The lowest BCUT2D eigenvalue weighted by Crippen LogP contribution is -2.56. The van der Waals surface area contributed by atoms with Crippen LogP contribution in [-0.2, 0) is 9.47 Å². The molecule has 5 nitrogen and oxygen atoms in total. The predicted molar refractivity (Wildman–Crippen MR) is 68.6 cm³/mol. The minimum absolute atomic E-state index is 0.117. The Morgan fingerprint density at radius 1 is 1.28 bits per heavy atom. The summed E-state index contributed by atoms with van der Waals surface area (Å²) < 4.78 is 11.1. The van der Waals surface area contributed by atoms with Gasteiger partial charge in [0, 0.05) is 6.54 Å². The molecule has 0 aliphatic carbocycles. The van der Waals surface area contributed by atoms with Gasteiger partial charge in [0.05, 0.1) is 25.3 Å². The van der Waals surface area contributed by atoms with Gasteiger partial charge in [-0.25, -0.2) is 4.79 Å². The molecule has 5 heteroatoms. The van der Waals surface area contributed by atoms with E-state index in [1.54, 1.807) is 0 Å². The SMILES string of the molecule is CN1CCC2COCC(C1)N2C(=O)OC(C)(C)C. The fraction of sp³-hybridized carbons (Fsp3) is 0.923. The Bertz CT molecular complexity index is 314. The van der Waals surface area contributed by atoms with E-state index in [2.05, 4.69) is 11.9 Å². The fourth-order valence-electron chi connectivity index (χ4n) is 2.60. The van der Waals surface area contributed by atoms with Crippen LogP contribution in [0.1, 0.15) is 27.2 Å². The van der Waals surface area contributed by atoms with E-state index < -0.39 is 5.60 Å². The van der Waals surface area contributed by atoms with Crippen molar-refractivity contribution in [2.75, 3.05) is 33.4 Å². The Kier molecular flexibility index (Phi) is 3.82. The van der Waals surface area contributed by atoms with E-state index in [0.29, 0.717) is 13.2 Å². The Balaban J connectivity index is 2.11. The molecule has 2 aliphatic rings. The van der Waals surface area contributed by atoms with Crippen molar-refractivity contribution in [3.63, 3.8) is 0 Å². The van der Waals surface area contributed by atoms with Crippen LogP contribution in [0.25, 0.3) is 0 Å². The van der Waals surface area contributed by atoms with E-state index >= 15 is 0 Å². The molecular formula is C13H24N2O3. The first-order valence-corrected chi connectivity index (χ1v) is 6.64. The number of carbonyl (C=O) groups excluding carboxylic acids is 1. The lowest BCUT2D eigenvalue weighted by molar-refractivity contribution is -0.0572. The van der Waals surface area contributed by atoms with Gasteiger partial charge in [0.2, 0.25) is 0 Å². The number of hydrogen-bond donors (Lipinski definition) is 0. The third-order valence-corrected chi connectivity index (χ3v) is 3.38. The monoisotopic (exact) mass is 256 g/mol. The molecule has 2 unspecified atom stereocenters. The summed E-state index contributed by atoms with van der Waals surface area (Å²) in [6, 6.07) is 0.273. The van der Waals surface area contributed by atoms with Gasteiger partial charge in [0.15, 0.2) is 0 Å². The average Bonchev–Trinajstić information content (AvgIpc) is 2.31. The molecule has 0 aromatic heterocycles. The molecule has 2 rings (SSSR count). The molecule has 104 valence electrons. The van der Waals surface area contributed by atoms with Crippen molar-refractivity contribution in [2.45, 2.75) is 44.9 Å². The van der Waals surface area contributed by atoms with Crippen molar-refractivity contribution in [1.82, 2.24) is 9.80 Å². The third kappa shape index (κ3) is 3.14. The number of amides is 1. The van der Waals surface area contributed by atoms with Crippen molar-refractivity contribution in [3.8, 4) is 0 Å². The maximum absolute atomic E-state index is 12.3. The molecule has 0 saturated carbocycles. The topological polar surface area (TPSA) is 42.0 Å². The van der Waals surface area contributed by atoms with Gasteiger partial charge >= 0.3 is 6.09 Å². The zero-order valence-corrected chi connectivity index (χ0v) is 11.8. The quantitative estimate of drug-likeness (QED) is 0.655. The summed E-state index contributed by atoms with van der Waals surface area (Å²) >= 11 is 0. The van der Waals surface area contributed by atoms with Crippen LogP contribution < -0.4 is 0 Å². The van der Waals surface area contributed by atoms with Crippen molar-refractivity contribution >= 4 is 6.09 Å². The smallest absolute Gasteiger partial charge is 0.410 e. The van der Waals surface area contributed by atoms with Gasteiger partial charge in [-0.1, -0.05) is 0 Å². The molecule has 0 N–H and O–H groups in total. The lowest BCUT2D eigenvalue weighted by atomic mass is 10.1. The predicted octanol–water partition coefficient (Wildman–Crippen LogP) is 1.33. The highest BCUT2D eigenvalue weighted by atomic mass is 16.6. The van der Waals surface area contributed by atoms with Crippen LogP contribution in [0.4, 0.5) is 4.79 Å². The number of morpholine rings is 1. The second-order valence-electron chi connectivity index (χ2n) is 6.28. The fourth-order valence-corrected chi connectivity index (χ4v) is 2.60. The minimum atomic E-state index is -0.440. The summed E-state index contributed by atoms with van der Waals surface area (Å²) in [6.45, 7) is 8.81. The van der Waals surface area contributed by atoms with E-state index in [0.717, 1.165) is 19.5 Å². The van der Waals surface area contributed by atoms with Crippen LogP contribution >= 0.6 is 0 Å². The molecule has 2 atom stereocenters. The molecule has 0 aromatic carbocycles. The van der Waals surface area contributed by atoms with Crippen molar-refractivity contribution in [3.05, 3.63) is 0 Å². The molecule has 2 saturated heterocycles. The van der Waals surface area contributed by atoms with Crippen LogP contribution in [0.2, 0.25) is 0 Å². The highest BCUT2D eigenvalue weighted by molar-refractivity contribution is 5.69. The van der Waals surface area contributed by atoms with Crippen molar-refractivity contribution in [1.29, 1.82) is 0 Å². The average molecular weight is 256 g/mol. The first-order chi connectivity index (χ1) is 8.37. The van der Waals surface area contributed by atoms with Crippen LogP contribution in [0.15, 0.2) is 0 Å². The van der Waals surface area contributed by atoms with Gasteiger partial charge in [0.25, 0.3) is 0 Å². The molecule has 0 radical (unpaired) electrons. The second-order valence-corrected chi connectivity index (χ2v) is 6.28. The van der Waals surface area contributed by atoms with Gasteiger partial charge in [0.1, 0.15) is 5.60 Å². The number of fused-ring (bicyclic) bond motifs is 2. The van der Waals surface area contributed by atoms with Gasteiger partial charge in [-0.3, -0.25) is 4.90 Å². The van der Waals surface area contributed by atoms with E-state index in [-0.39, 0.29) is 18.2 Å². The minimum Gasteiger partial charge on any atom is -0.444 e. The molecule has 2 aliphatic heterocycles. The normalized spacial score (nSPS) is 29.9. The Labute approximate surface area is 109 Å². The van der Waals surface area contributed by atoms with Crippen LogP contribution in [0.3, 0.4) is 0 Å². The highest BCUT2D eigenvalue weighted by Gasteiger charge is 2.39. The van der Waals surface area contributed by atoms with Crippen LogP contribution in [-0.4, -0.2) is 66.9 Å². The molecule has 18 heavy (non-hydrogen) atoms. The largest absolute Gasteiger partial charge is 0.444 e. The first-order valence-electron chi connectivity index (χ1n) is 6.64. The number of hydrogen-bond acceptors (Lipinski definition) is 4. The second kappa shape index (κ2) is 5.05. The zero-order chi connectivity index (χ0) is 13.3. The summed E-state index contributed by atoms with van der Waals surface area (Å²) in [5.41, 5.74) is -0.440. The van der Waals surface area contributed by atoms with E-state index in [1.165, 1.54) is 0 Å². The Hall–Kier alpha value is -0.810. The zero-order valence-electron chi connectivity index (χ0n) is 11.8. The van der Waals surface area contributed by atoms with E-state index in [1.807, 2.05) is 25.7 Å².